The Hall–Kier alpha value is -4.37. The van der Waals surface area contributed by atoms with E-state index in [0.29, 0.717) is 52.0 Å². The van der Waals surface area contributed by atoms with Gasteiger partial charge < -0.3 is 25.6 Å². The molecule has 2 aromatic carbocycles. The third-order valence-electron chi connectivity index (χ3n) is 7.95. The van der Waals surface area contributed by atoms with Crippen LogP contribution in [-0.2, 0) is 16.1 Å². The summed E-state index contributed by atoms with van der Waals surface area (Å²) in [5.74, 6) is -2.07. The average Bonchev–Trinajstić information content (AvgIpc) is 3.61. The number of hydrogen-bond donors (Lipinski definition) is 3. The molecule has 2 amide bonds. The van der Waals surface area contributed by atoms with Gasteiger partial charge in [-0.05, 0) is 55.2 Å². The number of alkyl halides is 1. The van der Waals surface area contributed by atoms with Gasteiger partial charge in [0.1, 0.15) is 12.6 Å². The minimum atomic E-state index is -1.51. The van der Waals surface area contributed by atoms with Crippen LogP contribution in [0.1, 0.15) is 53.1 Å². The molecule has 3 atom stereocenters. The van der Waals surface area contributed by atoms with Gasteiger partial charge >= 0.3 is 0 Å². The first kappa shape index (κ1) is 29.1. The second kappa shape index (κ2) is 12.2. The van der Waals surface area contributed by atoms with Crippen LogP contribution in [0.5, 0.6) is 0 Å². The van der Waals surface area contributed by atoms with Gasteiger partial charge in [-0.3, -0.25) is 14.4 Å². The molecule has 3 unspecified atom stereocenters. The molecule has 0 spiro atoms. The van der Waals surface area contributed by atoms with Crippen molar-refractivity contribution in [3.63, 3.8) is 0 Å². The third kappa shape index (κ3) is 5.56. The number of carbonyl (C=O) groups is 3. The van der Waals surface area contributed by atoms with E-state index in [4.69, 9.17) is 22.4 Å². The lowest BCUT2D eigenvalue weighted by Gasteiger charge is -2.28. The number of hydrogen-bond acceptors (Lipinski definition) is 5. The molecule has 3 N–H and O–H groups in total. The van der Waals surface area contributed by atoms with Crippen LogP contribution in [0.25, 0.3) is 10.9 Å². The first-order chi connectivity index (χ1) is 20.2. The van der Waals surface area contributed by atoms with E-state index >= 15 is 4.39 Å². The summed E-state index contributed by atoms with van der Waals surface area (Å²) >= 11 is 6.30. The fourth-order valence-corrected chi connectivity index (χ4v) is 6.01. The summed E-state index contributed by atoms with van der Waals surface area (Å²) in [5.41, 5.74) is 2.55. The van der Waals surface area contributed by atoms with Crippen LogP contribution < -0.4 is 5.32 Å². The van der Waals surface area contributed by atoms with Gasteiger partial charge in [-0.15, -0.1) is 0 Å². The van der Waals surface area contributed by atoms with Crippen molar-refractivity contribution in [2.45, 2.75) is 50.4 Å². The van der Waals surface area contributed by atoms with E-state index in [-0.39, 0.29) is 23.9 Å². The summed E-state index contributed by atoms with van der Waals surface area (Å²) in [4.78, 5) is 40.8. The van der Waals surface area contributed by atoms with Crippen LogP contribution in [0, 0.1) is 10.8 Å². The Labute approximate surface area is 247 Å². The van der Waals surface area contributed by atoms with Crippen LogP contribution in [0.15, 0.2) is 72.6 Å². The highest BCUT2D eigenvalue weighted by Gasteiger charge is 2.36. The molecular weight excluding hydrogens is 557 g/mol. The number of aromatic nitrogens is 1. The van der Waals surface area contributed by atoms with E-state index in [2.05, 4.69) is 5.32 Å². The Kier molecular flexibility index (Phi) is 8.49. The quantitative estimate of drug-likeness (QED) is 0.224. The predicted molar refractivity (Wildman–Crippen MR) is 161 cm³/mol. The Balaban J connectivity index is 1.33. The van der Waals surface area contributed by atoms with E-state index in [1.165, 1.54) is 17.9 Å². The van der Waals surface area contributed by atoms with Crippen molar-refractivity contribution in [1.82, 2.24) is 14.8 Å². The van der Waals surface area contributed by atoms with Crippen LogP contribution in [0.2, 0.25) is 5.02 Å². The molecule has 1 fully saturated rings. The normalized spacial score (nSPS) is 20.7. The Morgan fingerprint density at radius 3 is 2.64 bits per heavy atom. The summed E-state index contributed by atoms with van der Waals surface area (Å²) in [6, 6.07) is 11.6. The fraction of sp³-hybridized carbons (Fsp3) is 0.281. The molecule has 0 bridgehead atoms. The molecule has 1 aliphatic carbocycles. The van der Waals surface area contributed by atoms with Crippen molar-refractivity contribution in [3.05, 3.63) is 94.3 Å². The van der Waals surface area contributed by atoms with Gasteiger partial charge in [-0.2, -0.15) is 0 Å². The van der Waals surface area contributed by atoms with Crippen LogP contribution in [-0.4, -0.2) is 58.3 Å². The number of amides is 2. The zero-order valence-corrected chi connectivity index (χ0v) is 23.8. The summed E-state index contributed by atoms with van der Waals surface area (Å²) in [6.07, 6.45) is 8.45. The van der Waals surface area contributed by atoms with Crippen LogP contribution >= 0.6 is 11.6 Å². The summed E-state index contributed by atoms with van der Waals surface area (Å²) in [7, 11) is 0. The molecule has 2 aliphatic rings. The molecule has 216 valence electrons. The summed E-state index contributed by atoms with van der Waals surface area (Å²) < 4.78 is 17.3. The molecule has 42 heavy (non-hydrogen) atoms. The van der Waals surface area contributed by atoms with Crippen molar-refractivity contribution in [3.8, 4) is 0 Å². The Morgan fingerprint density at radius 1 is 1.17 bits per heavy atom. The number of likely N-dealkylation sites (tertiary alicyclic amines) is 1. The van der Waals surface area contributed by atoms with Gasteiger partial charge in [0.2, 0.25) is 11.8 Å². The molecule has 1 aliphatic heterocycles. The van der Waals surface area contributed by atoms with Gasteiger partial charge in [0.25, 0.3) is 0 Å². The number of fused-ring (bicyclic) bond motifs is 1. The second-order valence-corrected chi connectivity index (χ2v) is 11.0. The second-order valence-electron chi connectivity index (χ2n) is 10.6. The highest BCUT2D eigenvalue weighted by molar-refractivity contribution is 6.31. The monoisotopic (exact) mass is 587 g/mol. The number of Topliss-reactive ketones (excluding diaryl/α,β-unsaturated/α-hetero) is 1. The number of ketones is 1. The number of halogens is 2. The lowest BCUT2D eigenvalue weighted by molar-refractivity contribution is -0.138. The first-order valence-corrected chi connectivity index (χ1v) is 14.1. The molecule has 5 rings (SSSR count). The molecule has 1 saturated heterocycles. The van der Waals surface area contributed by atoms with E-state index in [1.807, 2.05) is 0 Å². The topological polar surface area (TPSA) is 119 Å². The number of nitrogens with zero attached hydrogens (tertiary/aromatic N) is 2. The molecule has 3 aromatic rings. The van der Waals surface area contributed by atoms with Gasteiger partial charge in [-0.25, -0.2) is 4.39 Å². The minimum absolute atomic E-state index is 0.0861. The van der Waals surface area contributed by atoms with Crippen molar-refractivity contribution in [1.29, 1.82) is 10.8 Å². The van der Waals surface area contributed by atoms with E-state index in [1.54, 1.807) is 65.4 Å². The van der Waals surface area contributed by atoms with Crippen molar-refractivity contribution < 1.29 is 18.8 Å². The van der Waals surface area contributed by atoms with Crippen LogP contribution in [0.4, 0.5) is 4.39 Å². The lowest BCUT2D eigenvalue weighted by atomic mass is 9.89. The summed E-state index contributed by atoms with van der Waals surface area (Å²) in [5, 5.41) is 19.0. The highest BCUT2D eigenvalue weighted by Crippen LogP contribution is 2.35. The summed E-state index contributed by atoms with van der Waals surface area (Å²) in [6.45, 7) is 1.75. The third-order valence-corrected chi connectivity index (χ3v) is 8.29. The van der Waals surface area contributed by atoms with E-state index in [9.17, 15) is 14.4 Å². The van der Waals surface area contributed by atoms with Gasteiger partial charge in [-0.1, -0.05) is 48.0 Å². The van der Waals surface area contributed by atoms with Crippen molar-refractivity contribution >= 4 is 52.5 Å². The number of benzene rings is 2. The molecular formula is C32H31ClFN5O3. The highest BCUT2D eigenvalue weighted by atomic mass is 35.5. The Bertz CT molecular complexity index is 1640. The first-order valence-electron chi connectivity index (χ1n) is 13.8. The van der Waals surface area contributed by atoms with Crippen molar-refractivity contribution in [2.75, 3.05) is 6.54 Å². The fourth-order valence-electron chi connectivity index (χ4n) is 5.75. The molecule has 2 heterocycles. The molecule has 0 radical (unpaired) electrons. The molecule has 8 nitrogen and oxygen atoms in total. The maximum absolute atomic E-state index is 15.6. The molecule has 0 saturated carbocycles. The lowest BCUT2D eigenvalue weighted by Crippen LogP contribution is -2.47. The van der Waals surface area contributed by atoms with Gasteiger partial charge in [0.05, 0.1) is 11.6 Å². The number of nitrogens with one attached hydrogen (secondary N) is 3. The van der Waals surface area contributed by atoms with Gasteiger partial charge in [0, 0.05) is 52.6 Å². The molecule has 10 heteroatoms. The Morgan fingerprint density at radius 2 is 1.93 bits per heavy atom. The predicted octanol–water partition coefficient (Wildman–Crippen LogP) is 5.56. The zero-order valence-electron chi connectivity index (χ0n) is 23.0. The smallest absolute Gasteiger partial charge is 0.247 e. The van der Waals surface area contributed by atoms with Crippen molar-refractivity contribution in [2.24, 2.45) is 0 Å². The largest absolute Gasteiger partial charge is 0.337 e. The number of rotatable bonds is 9. The zero-order chi connectivity index (χ0) is 30.0. The SMILES string of the molecule is CC(=O)c1cn(CC(=O)N2CCCC2C(=O)NC2=CC=CC(c3ccccc3Cl)C2F)c2ccc(C(C=N)C=N)cc12. The number of carbonyl (C=O) groups excluding carboxylic acids is 3. The van der Waals surface area contributed by atoms with E-state index in [0.717, 1.165) is 12.4 Å². The minimum Gasteiger partial charge on any atom is -0.337 e. The van der Waals surface area contributed by atoms with E-state index < -0.39 is 30.0 Å². The maximum atomic E-state index is 15.6. The van der Waals surface area contributed by atoms with Gasteiger partial charge in [0.15, 0.2) is 12.0 Å². The number of allylic oxidation sites excluding steroid dienone is 4. The standard InChI is InChI=1S/C32H31ClFN5O3/c1-19(40)25-17-38(28-12-11-20(14-24(25)28)21(15-35)16-36)18-30(41)39-13-5-10-29(39)32(42)37-27-9-4-7-23(31(27)34)22-6-2-3-8-26(22)33/h2-4,6-9,11-12,14-17,21,23,29,31,35-36H,5,10,13,18H2,1H3,(H,37,42). The van der Waals surface area contributed by atoms with Crippen LogP contribution in [0.3, 0.4) is 0 Å². The molecule has 1 aromatic heterocycles. The maximum Gasteiger partial charge on any atom is 0.247 e. The average molecular weight is 588 g/mol.